The molecule has 0 amide bonds. The van der Waals surface area contributed by atoms with Gasteiger partial charge in [0.1, 0.15) is 15.9 Å². The zero-order valence-corrected chi connectivity index (χ0v) is 16.4. The van der Waals surface area contributed by atoms with Crippen LogP contribution in [0.1, 0.15) is 18.4 Å². The number of aliphatic hydroxyl groups is 1. The van der Waals surface area contributed by atoms with Crippen LogP contribution in [0.2, 0.25) is 0 Å². The van der Waals surface area contributed by atoms with Crippen molar-refractivity contribution in [3.63, 3.8) is 0 Å². The summed E-state index contributed by atoms with van der Waals surface area (Å²) < 4.78 is 36.5. The molecule has 142 valence electrons. The van der Waals surface area contributed by atoms with Crippen molar-refractivity contribution in [3.05, 3.63) is 54.1 Å². The van der Waals surface area contributed by atoms with E-state index in [9.17, 15) is 13.5 Å². The number of benzene rings is 2. The molecule has 27 heavy (non-hydrogen) atoms. The van der Waals surface area contributed by atoms with E-state index in [1.807, 2.05) is 30.3 Å². The van der Waals surface area contributed by atoms with Gasteiger partial charge in [0, 0.05) is 18.5 Å². The van der Waals surface area contributed by atoms with Crippen molar-refractivity contribution < 1.29 is 13.5 Å². The molecule has 3 aromatic rings. The largest absolute Gasteiger partial charge is 0.396 e. The summed E-state index contributed by atoms with van der Waals surface area (Å²) in [5.41, 5.74) is 1.65. The van der Waals surface area contributed by atoms with Crippen LogP contribution in [0.15, 0.2) is 53.4 Å². The van der Waals surface area contributed by atoms with Gasteiger partial charge in [-0.1, -0.05) is 36.4 Å². The molecular weight excluding hydrogens is 382 g/mol. The molecular formula is C19H21N3O3S2. The van der Waals surface area contributed by atoms with E-state index in [2.05, 4.69) is 8.75 Å². The van der Waals surface area contributed by atoms with Crippen molar-refractivity contribution in [2.24, 2.45) is 5.41 Å². The van der Waals surface area contributed by atoms with Crippen molar-refractivity contribution in [1.29, 1.82) is 0 Å². The van der Waals surface area contributed by atoms with Crippen molar-refractivity contribution in [2.75, 3.05) is 19.7 Å². The summed E-state index contributed by atoms with van der Waals surface area (Å²) in [6.07, 6.45) is 2.17. The molecule has 0 radical (unpaired) electrons. The molecule has 1 unspecified atom stereocenters. The van der Waals surface area contributed by atoms with Gasteiger partial charge in [0.15, 0.2) is 0 Å². The highest BCUT2D eigenvalue weighted by molar-refractivity contribution is 7.89. The average Bonchev–Trinajstić information content (AvgIpc) is 3.17. The Labute approximate surface area is 162 Å². The molecule has 0 bridgehead atoms. The van der Waals surface area contributed by atoms with Gasteiger partial charge in [0.2, 0.25) is 10.0 Å². The molecule has 1 atom stereocenters. The molecule has 6 nitrogen and oxygen atoms in total. The van der Waals surface area contributed by atoms with E-state index in [0.29, 0.717) is 30.5 Å². The zero-order valence-electron chi connectivity index (χ0n) is 14.8. The molecule has 2 aromatic carbocycles. The monoisotopic (exact) mass is 403 g/mol. The number of sulfonamides is 1. The predicted octanol–water partition coefficient (Wildman–Crippen LogP) is 2.70. The maximum absolute atomic E-state index is 13.3. The minimum Gasteiger partial charge on any atom is -0.396 e. The molecule has 2 heterocycles. The fourth-order valence-corrected chi connectivity index (χ4v) is 6.20. The number of aliphatic hydroxyl groups excluding tert-OH is 1. The maximum Gasteiger partial charge on any atom is 0.245 e. The minimum atomic E-state index is -3.71. The summed E-state index contributed by atoms with van der Waals surface area (Å²) in [4.78, 5) is 0.196. The second-order valence-electron chi connectivity index (χ2n) is 7.15. The normalized spacial score (nSPS) is 21.5. The highest BCUT2D eigenvalue weighted by atomic mass is 32.2. The molecule has 8 heteroatoms. The molecule has 1 N–H and O–H groups in total. The van der Waals surface area contributed by atoms with Gasteiger partial charge in [-0.25, -0.2) is 8.42 Å². The first-order chi connectivity index (χ1) is 13.0. The Kier molecular flexibility index (Phi) is 4.98. The van der Waals surface area contributed by atoms with Crippen LogP contribution in [-0.4, -0.2) is 46.3 Å². The van der Waals surface area contributed by atoms with Crippen LogP contribution in [0.3, 0.4) is 0 Å². The smallest absolute Gasteiger partial charge is 0.245 e. The molecule has 1 aliphatic rings. The van der Waals surface area contributed by atoms with Crippen LogP contribution < -0.4 is 0 Å². The topological polar surface area (TPSA) is 83.4 Å². The van der Waals surface area contributed by atoms with E-state index in [4.69, 9.17) is 0 Å². The fourth-order valence-electron chi connectivity index (χ4n) is 3.85. The Morgan fingerprint density at radius 1 is 1.11 bits per heavy atom. The number of nitrogens with zero attached hydrogens (tertiary/aromatic N) is 3. The molecule has 0 spiro atoms. The van der Waals surface area contributed by atoms with Crippen LogP contribution in [0.5, 0.6) is 0 Å². The molecule has 1 aliphatic heterocycles. The summed E-state index contributed by atoms with van der Waals surface area (Å²) in [7, 11) is -3.71. The van der Waals surface area contributed by atoms with Gasteiger partial charge in [-0.2, -0.15) is 13.1 Å². The molecule has 1 fully saturated rings. The third-order valence-electron chi connectivity index (χ3n) is 5.25. The lowest BCUT2D eigenvalue weighted by molar-refractivity contribution is 0.0645. The summed E-state index contributed by atoms with van der Waals surface area (Å²) in [5, 5.41) is 10.2. The first-order valence-electron chi connectivity index (χ1n) is 8.90. The van der Waals surface area contributed by atoms with Gasteiger partial charge in [-0.05, 0) is 37.0 Å². The Hall–Kier alpha value is -1.87. The summed E-state index contributed by atoms with van der Waals surface area (Å²) in [5.74, 6) is 0. The van der Waals surface area contributed by atoms with Crippen LogP contribution in [0.4, 0.5) is 0 Å². The SMILES string of the molecule is O=S(=O)(c1cccc2nsnc12)N1CCCC(CO)(Cc2ccccc2)C1. The Balaban J connectivity index is 1.66. The highest BCUT2D eigenvalue weighted by Gasteiger charge is 2.40. The van der Waals surface area contributed by atoms with Gasteiger partial charge < -0.3 is 5.11 Å². The Bertz CT molecular complexity index is 1040. The third-order valence-corrected chi connectivity index (χ3v) is 7.67. The first kappa shape index (κ1) is 18.5. The van der Waals surface area contributed by atoms with Gasteiger partial charge >= 0.3 is 0 Å². The molecule has 1 aromatic heterocycles. The summed E-state index contributed by atoms with van der Waals surface area (Å²) >= 11 is 1.01. The average molecular weight is 404 g/mol. The molecule has 0 aliphatic carbocycles. The Morgan fingerprint density at radius 2 is 1.93 bits per heavy atom. The maximum atomic E-state index is 13.3. The number of hydrogen-bond acceptors (Lipinski definition) is 6. The second kappa shape index (κ2) is 7.27. The van der Waals surface area contributed by atoms with Crippen molar-refractivity contribution >= 4 is 32.8 Å². The predicted molar refractivity (Wildman–Crippen MR) is 105 cm³/mol. The fraction of sp³-hybridized carbons (Fsp3) is 0.368. The lowest BCUT2D eigenvalue weighted by Gasteiger charge is -2.41. The van der Waals surface area contributed by atoms with Gasteiger partial charge in [-0.15, -0.1) is 0 Å². The van der Waals surface area contributed by atoms with Gasteiger partial charge in [-0.3, -0.25) is 0 Å². The number of piperidine rings is 1. The number of aromatic nitrogens is 2. The van der Waals surface area contributed by atoms with E-state index in [1.54, 1.807) is 18.2 Å². The zero-order chi connectivity index (χ0) is 18.9. The van der Waals surface area contributed by atoms with Gasteiger partial charge in [0.25, 0.3) is 0 Å². The summed E-state index contributed by atoms with van der Waals surface area (Å²) in [6.45, 7) is 0.706. The third kappa shape index (κ3) is 3.50. The standard InChI is InChI=1S/C19H21N3O3S2/c23-14-19(12-15-6-2-1-3-7-15)10-5-11-22(13-19)27(24,25)17-9-4-8-16-18(17)21-26-20-16/h1-4,6-9,23H,5,10-14H2. The highest BCUT2D eigenvalue weighted by Crippen LogP contribution is 2.36. The van der Waals surface area contributed by atoms with Crippen molar-refractivity contribution in [1.82, 2.24) is 13.1 Å². The number of rotatable bonds is 5. The van der Waals surface area contributed by atoms with Crippen LogP contribution >= 0.6 is 11.7 Å². The van der Waals surface area contributed by atoms with Crippen LogP contribution in [0.25, 0.3) is 11.0 Å². The van der Waals surface area contributed by atoms with E-state index < -0.39 is 15.4 Å². The van der Waals surface area contributed by atoms with Crippen molar-refractivity contribution in [2.45, 2.75) is 24.2 Å². The van der Waals surface area contributed by atoms with E-state index >= 15 is 0 Å². The van der Waals surface area contributed by atoms with Crippen molar-refractivity contribution in [3.8, 4) is 0 Å². The number of hydrogen-bond donors (Lipinski definition) is 1. The lowest BCUT2D eigenvalue weighted by atomic mass is 9.76. The molecule has 1 saturated heterocycles. The second-order valence-corrected chi connectivity index (χ2v) is 9.59. The number of fused-ring (bicyclic) bond motifs is 1. The Morgan fingerprint density at radius 3 is 2.70 bits per heavy atom. The van der Waals surface area contributed by atoms with Gasteiger partial charge in [0.05, 0.1) is 18.3 Å². The molecule has 4 rings (SSSR count). The van der Waals surface area contributed by atoms with Crippen LogP contribution in [0, 0.1) is 5.41 Å². The van der Waals surface area contributed by atoms with E-state index in [1.165, 1.54) is 4.31 Å². The van der Waals surface area contributed by atoms with E-state index in [-0.39, 0.29) is 11.5 Å². The molecule has 0 saturated carbocycles. The summed E-state index contributed by atoms with van der Waals surface area (Å²) in [6, 6.07) is 15.0. The first-order valence-corrected chi connectivity index (χ1v) is 11.1. The van der Waals surface area contributed by atoms with Crippen LogP contribution in [-0.2, 0) is 16.4 Å². The van der Waals surface area contributed by atoms with E-state index in [0.717, 1.165) is 30.1 Å². The quantitative estimate of drug-likeness (QED) is 0.708. The minimum absolute atomic E-state index is 0.0453. The lowest BCUT2D eigenvalue weighted by Crippen LogP contribution is -2.48.